The highest BCUT2D eigenvalue weighted by Gasteiger charge is 2.26. The number of nitrogens with zero attached hydrogens (tertiary/aromatic N) is 2. The third-order valence-corrected chi connectivity index (χ3v) is 6.55. The van der Waals surface area contributed by atoms with Crippen LogP contribution in [0.4, 0.5) is 17.1 Å². The first-order valence-corrected chi connectivity index (χ1v) is 10.5. The molecule has 0 radical (unpaired) electrons. The van der Waals surface area contributed by atoms with Gasteiger partial charge < -0.3 is 5.32 Å². The third kappa shape index (κ3) is 3.84. The molecule has 28 heavy (non-hydrogen) atoms. The highest BCUT2D eigenvalue weighted by atomic mass is 32.2. The maximum absolute atomic E-state index is 12.5. The summed E-state index contributed by atoms with van der Waals surface area (Å²) in [7, 11) is -3.34. The lowest BCUT2D eigenvalue weighted by atomic mass is 10.0. The van der Waals surface area contributed by atoms with Crippen LogP contribution in [-0.4, -0.2) is 31.5 Å². The Kier molecular flexibility index (Phi) is 5.37. The summed E-state index contributed by atoms with van der Waals surface area (Å²) in [6.07, 6.45) is 1.44. The second-order valence-electron chi connectivity index (χ2n) is 6.63. The van der Waals surface area contributed by atoms with Gasteiger partial charge in [0.15, 0.2) is 0 Å². The van der Waals surface area contributed by atoms with Gasteiger partial charge in [-0.3, -0.25) is 19.2 Å². The van der Waals surface area contributed by atoms with Crippen LogP contribution in [0.5, 0.6) is 0 Å². The molecular formula is C19H21N3O5S. The van der Waals surface area contributed by atoms with Crippen LogP contribution in [-0.2, 0) is 16.4 Å². The second kappa shape index (κ2) is 7.59. The van der Waals surface area contributed by atoms with Crippen molar-refractivity contribution in [3.63, 3.8) is 0 Å². The van der Waals surface area contributed by atoms with E-state index in [1.54, 1.807) is 32.0 Å². The molecule has 9 heteroatoms. The Morgan fingerprint density at radius 3 is 2.64 bits per heavy atom. The molecule has 0 fully saturated rings. The molecule has 1 N–H and O–H groups in total. The van der Waals surface area contributed by atoms with Gasteiger partial charge in [-0.1, -0.05) is 0 Å². The molecule has 1 heterocycles. The number of rotatable bonds is 5. The summed E-state index contributed by atoms with van der Waals surface area (Å²) >= 11 is 0. The molecule has 0 bridgehead atoms. The molecular weight excluding hydrogens is 382 g/mol. The Bertz CT molecular complexity index is 1050. The number of nitro benzene ring substituents is 1. The standard InChI is InChI=1S/C19H21N3O5S/c1-3-28(26,27)21-10-4-5-14-12-16(7-9-18(14)21)20-19(23)15-6-8-17(22(24)25)13(2)11-15/h6-9,11-12H,3-5,10H2,1-2H3,(H,20,23). The number of hydrogen-bond donors (Lipinski definition) is 1. The zero-order valence-electron chi connectivity index (χ0n) is 15.6. The van der Waals surface area contributed by atoms with E-state index in [1.807, 2.05) is 0 Å². The van der Waals surface area contributed by atoms with E-state index in [2.05, 4.69) is 5.32 Å². The molecule has 2 aromatic rings. The van der Waals surface area contributed by atoms with Gasteiger partial charge in [-0.2, -0.15) is 0 Å². The lowest BCUT2D eigenvalue weighted by Gasteiger charge is -2.30. The molecule has 1 aliphatic rings. The number of hydrogen-bond acceptors (Lipinski definition) is 5. The van der Waals surface area contributed by atoms with Crippen LogP contribution in [0.2, 0.25) is 0 Å². The maximum Gasteiger partial charge on any atom is 0.272 e. The number of anilines is 2. The van der Waals surface area contributed by atoms with E-state index in [0.717, 1.165) is 12.0 Å². The van der Waals surface area contributed by atoms with Crippen molar-refractivity contribution in [1.82, 2.24) is 0 Å². The minimum absolute atomic E-state index is 0.0322. The fourth-order valence-electron chi connectivity index (χ4n) is 3.29. The van der Waals surface area contributed by atoms with Crippen molar-refractivity contribution in [2.45, 2.75) is 26.7 Å². The Morgan fingerprint density at radius 1 is 1.25 bits per heavy atom. The van der Waals surface area contributed by atoms with Crippen molar-refractivity contribution in [1.29, 1.82) is 0 Å². The highest BCUT2D eigenvalue weighted by Crippen LogP contribution is 2.32. The summed E-state index contributed by atoms with van der Waals surface area (Å²) in [5, 5.41) is 13.7. The average molecular weight is 403 g/mol. The first-order valence-electron chi connectivity index (χ1n) is 8.92. The first kappa shape index (κ1) is 19.8. The number of sulfonamides is 1. The number of carbonyl (C=O) groups is 1. The first-order chi connectivity index (χ1) is 13.2. The van der Waals surface area contributed by atoms with E-state index in [0.29, 0.717) is 35.5 Å². The SMILES string of the molecule is CCS(=O)(=O)N1CCCc2cc(NC(=O)c3ccc([N+](=O)[O-])c(C)c3)ccc21. The number of benzene rings is 2. The lowest BCUT2D eigenvalue weighted by Crippen LogP contribution is -2.36. The molecule has 148 valence electrons. The normalized spacial score (nSPS) is 13.7. The largest absolute Gasteiger partial charge is 0.322 e. The molecule has 0 saturated heterocycles. The topological polar surface area (TPSA) is 110 Å². The predicted octanol–water partition coefficient (Wildman–Crippen LogP) is 3.26. The van der Waals surface area contributed by atoms with Crippen molar-refractivity contribution in [2.75, 3.05) is 21.9 Å². The van der Waals surface area contributed by atoms with Gasteiger partial charge in [0.25, 0.3) is 11.6 Å². The summed E-state index contributed by atoms with van der Waals surface area (Å²) < 4.78 is 26.0. The summed E-state index contributed by atoms with van der Waals surface area (Å²) in [6.45, 7) is 3.65. The molecule has 0 atom stereocenters. The van der Waals surface area contributed by atoms with Crippen LogP contribution in [0, 0.1) is 17.0 Å². The maximum atomic E-state index is 12.5. The molecule has 1 aliphatic heterocycles. The molecule has 1 amide bonds. The molecule has 0 spiro atoms. The summed E-state index contributed by atoms with van der Waals surface area (Å²) in [5.74, 6) is -0.350. The Balaban J connectivity index is 1.83. The molecule has 3 rings (SSSR count). The minimum atomic E-state index is -3.34. The fraction of sp³-hybridized carbons (Fsp3) is 0.316. The second-order valence-corrected chi connectivity index (χ2v) is 8.81. The van der Waals surface area contributed by atoms with Gasteiger partial charge in [-0.15, -0.1) is 0 Å². The van der Waals surface area contributed by atoms with E-state index in [-0.39, 0.29) is 17.3 Å². The van der Waals surface area contributed by atoms with Crippen LogP contribution in [0.15, 0.2) is 36.4 Å². The van der Waals surface area contributed by atoms with Crippen molar-refractivity contribution >= 4 is 33.0 Å². The molecule has 0 saturated carbocycles. The van der Waals surface area contributed by atoms with Crippen LogP contribution in [0.25, 0.3) is 0 Å². The van der Waals surface area contributed by atoms with Gasteiger partial charge in [0.2, 0.25) is 10.0 Å². The smallest absolute Gasteiger partial charge is 0.272 e. The summed E-state index contributed by atoms with van der Waals surface area (Å²) in [4.78, 5) is 22.9. The zero-order valence-corrected chi connectivity index (χ0v) is 16.5. The molecule has 0 aromatic heterocycles. The van der Waals surface area contributed by atoms with Gasteiger partial charge in [0, 0.05) is 29.4 Å². The van der Waals surface area contributed by atoms with Gasteiger partial charge in [-0.05, 0) is 62.6 Å². The van der Waals surface area contributed by atoms with Crippen molar-refractivity contribution in [3.05, 3.63) is 63.2 Å². The average Bonchev–Trinajstić information content (AvgIpc) is 2.66. The minimum Gasteiger partial charge on any atom is -0.322 e. The molecule has 0 aliphatic carbocycles. The van der Waals surface area contributed by atoms with Gasteiger partial charge in [0.05, 0.1) is 16.4 Å². The van der Waals surface area contributed by atoms with E-state index in [9.17, 15) is 23.3 Å². The Hall–Kier alpha value is -2.94. The molecule has 8 nitrogen and oxygen atoms in total. The lowest BCUT2D eigenvalue weighted by molar-refractivity contribution is -0.385. The quantitative estimate of drug-likeness (QED) is 0.609. The number of nitro groups is 1. The van der Waals surface area contributed by atoms with Crippen LogP contribution in [0.3, 0.4) is 0 Å². The van der Waals surface area contributed by atoms with Gasteiger partial charge in [-0.25, -0.2) is 8.42 Å². The van der Waals surface area contributed by atoms with Crippen molar-refractivity contribution in [3.8, 4) is 0 Å². The van der Waals surface area contributed by atoms with Gasteiger partial charge >= 0.3 is 0 Å². The zero-order chi connectivity index (χ0) is 20.5. The van der Waals surface area contributed by atoms with Crippen molar-refractivity contribution < 1.29 is 18.1 Å². The number of fused-ring (bicyclic) bond motifs is 1. The monoisotopic (exact) mass is 403 g/mol. The number of nitrogens with one attached hydrogen (secondary N) is 1. The number of amides is 1. The van der Waals surface area contributed by atoms with E-state index in [1.165, 1.54) is 22.5 Å². The number of carbonyl (C=O) groups excluding carboxylic acids is 1. The van der Waals surface area contributed by atoms with Crippen LogP contribution in [0.1, 0.15) is 34.8 Å². The van der Waals surface area contributed by atoms with E-state index in [4.69, 9.17) is 0 Å². The molecule has 0 unspecified atom stereocenters. The van der Waals surface area contributed by atoms with E-state index < -0.39 is 14.9 Å². The summed E-state index contributed by atoms with van der Waals surface area (Å²) in [5.41, 5.74) is 2.75. The Labute approximate surface area is 163 Å². The summed E-state index contributed by atoms with van der Waals surface area (Å²) in [6, 6.07) is 9.35. The predicted molar refractivity (Wildman–Crippen MR) is 107 cm³/mol. The molecule has 2 aromatic carbocycles. The highest BCUT2D eigenvalue weighted by molar-refractivity contribution is 7.92. The van der Waals surface area contributed by atoms with Crippen LogP contribution >= 0.6 is 0 Å². The number of aryl methyl sites for hydroxylation is 2. The van der Waals surface area contributed by atoms with Crippen molar-refractivity contribution in [2.24, 2.45) is 0 Å². The van der Waals surface area contributed by atoms with Gasteiger partial charge in [0.1, 0.15) is 0 Å². The van der Waals surface area contributed by atoms with E-state index >= 15 is 0 Å². The third-order valence-electron chi connectivity index (χ3n) is 4.77. The van der Waals surface area contributed by atoms with Crippen LogP contribution < -0.4 is 9.62 Å². The Morgan fingerprint density at radius 2 is 2.00 bits per heavy atom. The fourth-order valence-corrected chi connectivity index (χ4v) is 4.49.